The number of carbonyl (C=O) groups excluding carboxylic acids is 1. The Kier molecular flexibility index (Phi) is 6.52. The molecule has 0 aliphatic heterocycles. The molecule has 1 unspecified atom stereocenters. The molecule has 0 bridgehead atoms. The third-order valence-corrected chi connectivity index (χ3v) is 6.06. The molecule has 4 aromatic rings. The molecule has 3 aromatic carbocycles. The zero-order chi connectivity index (χ0) is 23.4. The van der Waals surface area contributed by atoms with Gasteiger partial charge in [-0.3, -0.25) is 9.59 Å². The zero-order valence-corrected chi connectivity index (χ0v) is 18.7. The van der Waals surface area contributed by atoms with E-state index in [1.165, 1.54) is 0 Å². The number of nitrogens with zero attached hydrogens (tertiary/aromatic N) is 1. The van der Waals surface area contributed by atoms with Crippen molar-refractivity contribution in [3.63, 3.8) is 0 Å². The monoisotopic (exact) mass is 437 g/mol. The highest BCUT2D eigenvalue weighted by Gasteiger charge is 2.27. The fourth-order valence-electron chi connectivity index (χ4n) is 4.08. The van der Waals surface area contributed by atoms with Crippen LogP contribution in [-0.4, -0.2) is 16.5 Å². The number of rotatable bonds is 6. The minimum absolute atomic E-state index is 0.0412. The molecule has 3 N–H and O–H groups in total. The molecule has 0 radical (unpaired) electrons. The van der Waals surface area contributed by atoms with Crippen LogP contribution in [0.5, 0.6) is 0 Å². The van der Waals surface area contributed by atoms with E-state index in [1.54, 1.807) is 17.7 Å². The largest absolute Gasteiger partial charge is 0.325 e. The van der Waals surface area contributed by atoms with Crippen LogP contribution in [0.3, 0.4) is 0 Å². The van der Waals surface area contributed by atoms with Crippen LogP contribution in [0.4, 0.5) is 5.69 Å². The third kappa shape index (κ3) is 4.78. The maximum atomic E-state index is 13.1. The summed E-state index contributed by atoms with van der Waals surface area (Å²) in [5, 5.41) is 2.96. The SMILES string of the molecule is Cc1c(-c2ccc(NC(=O)C(N)C(c3ccccc3)c3ccccc3)cc2)ccc(=O)n1C. The van der Waals surface area contributed by atoms with Crippen LogP contribution in [0.1, 0.15) is 22.7 Å². The first-order valence-electron chi connectivity index (χ1n) is 10.9. The van der Waals surface area contributed by atoms with E-state index in [-0.39, 0.29) is 17.4 Å². The minimum atomic E-state index is -0.764. The number of nitrogens with two attached hydrogens (primary N) is 1. The van der Waals surface area contributed by atoms with Crippen LogP contribution >= 0.6 is 0 Å². The number of carbonyl (C=O) groups is 1. The minimum Gasteiger partial charge on any atom is -0.325 e. The number of anilines is 1. The highest BCUT2D eigenvalue weighted by molar-refractivity contribution is 5.96. The second-order valence-corrected chi connectivity index (χ2v) is 8.12. The van der Waals surface area contributed by atoms with Crippen molar-refractivity contribution in [1.29, 1.82) is 0 Å². The molecular formula is C28H27N3O2. The van der Waals surface area contributed by atoms with Crippen LogP contribution in [0.25, 0.3) is 11.1 Å². The normalized spacial score (nSPS) is 11.9. The van der Waals surface area contributed by atoms with Crippen molar-refractivity contribution in [2.45, 2.75) is 18.9 Å². The van der Waals surface area contributed by atoms with Gasteiger partial charge in [-0.2, -0.15) is 0 Å². The van der Waals surface area contributed by atoms with Crippen LogP contribution in [-0.2, 0) is 11.8 Å². The second-order valence-electron chi connectivity index (χ2n) is 8.12. The van der Waals surface area contributed by atoms with Gasteiger partial charge in [0.2, 0.25) is 11.5 Å². The third-order valence-electron chi connectivity index (χ3n) is 6.06. The molecule has 166 valence electrons. The maximum Gasteiger partial charge on any atom is 0.250 e. The summed E-state index contributed by atoms with van der Waals surface area (Å²) in [6.07, 6.45) is 0. The van der Waals surface area contributed by atoms with Gasteiger partial charge in [0.05, 0.1) is 6.04 Å². The first-order valence-corrected chi connectivity index (χ1v) is 10.9. The van der Waals surface area contributed by atoms with Crippen molar-refractivity contribution < 1.29 is 4.79 Å². The molecule has 0 aliphatic rings. The van der Waals surface area contributed by atoms with E-state index < -0.39 is 6.04 Å². The van der Waals surface area contributed by atoms with Crippen molar-refractivity contribution in [2.75, 3.05) is 5.32 Å². The van der Waals surface area contributed by atoms with Crippen molar-refractivity contribution in [3.05, 3.63) is 124 Å². The molecule has 1 amide bonds. The number of hydrogen-bond donors (Lipinski definition) is 2. The second kappa shape index (κ2) is 9.67. The Morgan fingerprint density at radius 1 is 0.818 bits per heavy atom. The number of benzene rings is 3. The molecule has 5 heteroatoms. The molecular weight excluding hydrogens is 410 g/mol. The lowest BCUT2D eigenvalue weighted by Crippen LogP contribution is -2.41. The van der Waals surface area contributed by atoms with Gasteiger partial charge in [-0.15, -0.1) is 0 Å². The number of hydrogen-bond acceptors (Lipinski definition) is 3. The lowest BCUT2D eigenvalue weighted by Gasteiger charge is -2.24. The van der Waals surface area contributed by atoms with E-state index in [1.807, 2.05) is 97.9 Å². The summed E-state index contributed by atoms with van der Waals surface area (Å²) < 4.78 is 1.62. The Balaban J connectivity index is 1.56. The van der Waals surface area contributed by atoms with Gasteiger partial charge in [0.1, 0.15) is 0 Å². The summed E-state index contributed by atoms with van der Waals surface area (Å²) in [4.78, 5) is 24.9. The van der Waals surface area contributed by atoms with E-state index in [4.69, 9.17) is 5.73 Å². The first-order chi connectivity index (χ1) is 16.0. The van der Waals surface area contributed by atoms with Crippen molar-refractivity contribution in [2.24, 2.45) is 12.8 Å². The highest BCUT2D eigenvalue weighted by Crippen LogP contribution is 2.28. The predicted octanol–water partition coefficient (Wildman–Crippen LogP) is 4.46. The van der Waals surface area contributed by atoms with Crippen LogP contribution in [0.2, 0.25) is 0 Å². The van der Waals surface area contributed by atoms with Crippen molar-refractivity contribution in [3.8, 4) is 11.1 Å². The summed E-state index contributed by atoms with van der Waals surface area (Å²) in [7, 11) is 1.76. The molecule has 1 atom stereocenters. The molecule has 33 heavy (non-hydrogen) atoms. The van der Waals surface area contributed by atoms with Gasteiger partial charge in [-0.1, -0.05) is 72.8 Å². The van der Waals surface area contributed by atoms with Gasteiger partial charge < -0.3 is 15.6 Å². The molecule has 0 fully saturated rings. The van der Waals surface area contributed by atoms with Gasteiger partial charge in [0.25, 0.3) is 0 Å². The van der Waals surface area contributed by atoms with Crippen LogP contribution in [0.15, 0.2) is 102 Å². The standard InChI is InChI=1S/C28H27N3O2/c1-19-24(17-18-25(32)31(19)2)20-13-15-23(16-14-20)30-28(33)27(29)26(21-9-5-3-6-10-21)22-11-7-4-8-12-22/h3-18,26-27H,29H2,1-2H3,(H,30,33). The topological polar surface area (TPSA) is 77.1 Å². The van der Waals surface area contributed by atoms with Gasteiger partial charge in [0.15, 0.2) is 0 Å². The lowest BCUT2D eigenvalue weighted by atomic mass is 9.85. The summed E-state index contributed by atoms with van der Waals surface area (Å²) in [5.74, 6) is -0.515. The maximum absolute atomic E-state index is 13.1. The number of nitrogens with one attached hydrogen (secondary N) is 1. The number of pyridine rings is 1. The molecule has 0 saturated heterocycles. The predicted molar refractivity (Wildman–Crippen MR) is 133 cm³/mol. The lowest BCUT2D eigenvalue weighted by molar-refractivity contribution is -0.117. The van der Waals surface area contributed by atoms with Gasteiger partial charge in [0, 0.05) is 36.0 Å². The molecule has 0 spiro atoms. The molecule has 0 aliphatic carbocycles. The number of amides is 1. The molecule has 1 heterocycles. The van der Waals surface area contributed by atoms with Gasteiger partial charge >= 0.3 is 0 Å². The average Bonchev–Trinajstić information content (AvgIpc) is 2.85. The van der Waals surface area contributed by atoms with Crippen LogP contribution in [0, 0.1) is 6.92 Å². The quantitative estimate of drug-likeness (QED) is 0.468. The van der Waals surface area contributed by atoms with Crippen molar-refractivity contribution in [1.82, 2.24) is 4.57 Å². The fraction of sp³-hybridized carbons (Fsp3) is 0.143. The summed E-state index contributed by atoms with van der Waals surface area (Å²) in [5.41, 5.74) is 11.9. The van der Waals surface area contributed by atoms with Gasteiger partial charge in [-0.05, 0) is 41.8 Å². The van der Waals surface area contributed by atoms with E-state index >= 15 is 0 Å². The first kappa shape index (κ1) is 22.2. The summed E-state index contributed by atoms with van der Waals surface area (Å²) >= 11 is 0. The summed E-state index contributed by atoms with van der Waals surface area (Å²) in [6.45, 7) is 1.92. The Morgan fingerprint density at radius 3 is 1.91 bits per heavy atom. The van der Waals surface area contributed by atoms with Gasteiger partial charge in [-0.25, -0.2) is 0 Å². The average molecular weight is 438 g/mol. The Bertz CT molecular complexity index is 1260. The Labute approximate surface area is 193 Å². The Hall–Kier alpha value is -3.96. The highest BCUT2D eigenvalue weighted by atomic mass is 16.2. The van der Waals surface area contributed by atoms with E-state index in [2.05, 4.69) is 5.32 Å². The van der Waals surface area contributed by atoms with E-state index in [0.29, 0.717) is 5.69 Å². The van der Waals surface area contributed by atoms with Crippen LogP contribution < -0.4 is 16.6 Å². The van der Waals surface area contributed by atoms with E-state index in [0.717, 1.165) is 27.9 Å². The fourth-order valence-corrected chi connectivity index (χ4v) is 4.08. The zero-order valence-electron chi connectivity index (χ0n) is 18.7. The molecule has 1 aromatic heterocycles. The molecule has 5 nitrogen and oxygen atoms in total. The molecule has 0 saturated carbocycles. The summed E-state index contributed by atoms with van der Waals surface area (Å²) in [6, 6.07) is 29.9. The van der Waals surface area contributed by atoms with E-state index in [9.17, 15) is 9.59 Å². The smallest absolute Gasteiger partial charge is 0.250 e. The Morgan fingerprint density at radius 2 is 1.36 bits per heavy atom. The number of aromatic nitrogens is 1. The van der Waals surface area contributed by atoms with Crippen molar-refractivity contribution >= 4 is 11.6 Å². The molecule has 4 rings (SSSR count).